The van der Waals surface area contributed by atoms with Crippen molar-refractivity contribution < 1.29 is 9.59 Å². The van der Waals surface area contributed by atoms with Gasteiger partial charge in [-0.15, -0.1) is 0 Å². The number of nitrogens with zero attached hydrogens (tertiary/aromatic N) is 1. The highest BCUT2D eigenvalue weighted by Crippen LogP contribution is 2.60. The van der Waals surface area contributed by atoms with Crippen molar-refractivity contribution in [3.63, 3.8) is 0 Å². The molecule has 1 saturated carbocycles. The summed E-state index contributed by atoms with van der Waals surface area (Å²) in [4.78, 5) is 26.8. The molecule has 1 aliphatic heterocycles. The van der Waals surface area contributed by atoms with Crippen LogP contribution >= 0.6 is 0 Å². The van der Waals surface area contributed by atoms with Gasteiger partial charge in [-0.25, -0.2) is 0 Å². The summed E-state index contributed by atoms with van der Waals surface area (Å²) >= 11 is 0. The molecule has 2 fully saturated rings. The molecule has 1 heterocycles. The number of rotatable bonds is 5. The second-order valence-electron chi connectivity index (χ2n) is 7.96. The van der Waals surface area contributed by atoms with Crippen molar-refractivity contribution in [3.05, 3.63) is 11.6 Å². The van der Waals surface area contributed by atoms with Gasteiger partial charge in [0, 0.05) is 25.6 Å². The van der Waals surface area contributed by atoms with Crippen molar-refractivity contribution in [3.8, 4) is 0 Å². The van der Waals surface area contributed by atoms with E-state index in [0.29, 0.717) is 5.92 Å². The molecule has 0 radical (unpaired) electrons. The third-order valence-corrected chi connectivity index (χ3v) is 5.42. The van der Waals surface area contributed by atoms with Crippen LogP contribution < -0.4 is 5.32 Å². The molecule has 0 spiro atoms. The van der Waals surface area contributed by atoms with E-state index in [-0.39, 0.29) is 29.1 Å². The van der Waals surface area contributed by atoms with Crippen LogP contribution in [0.2, 0.25) is 0 Å². The van der Waals surface area contributed by atoms with Crippen LogP contribution in [-0.2, 0) is 9.59 Å². The van der Waals surface area contributed by atoms with Gasteiger partial charge in [0.15, 0.2) is 0 Å². The van der Waals surface area contributed by atoms with Crippen LogP contribution in [0.4, 0.5) is 0 Å². The van der Waals surface area contributed by atoms with E-state index < -0.39 is 0 Å². The third-order valence-electron chi connectivity index (χ3n) is 5.42. The minimum absolute atomic E-state index is 0.0731. The molecule has 0 bridgehead atoms. The summed E-state index contributed by atoms with van der Waals surface area (Å²) < 4.78 is 0. The fraction of sp³-hybridized carbons (Fsp3) is 0.789. The number of carbonyl (C=O) groups is 2. The number of amides is 2. The molecule has 2 aliphatic rings. The van der Waals surface area contributed by atoms with Crippen LogP contribution in [0.5, 0.6) is 0 Å². The Kier molecular flexibility index (Phi) is 5.53. The van der Waals surface area contributed by atoms with E-state index in [2.05, 4.69) is 46.0 Å². The monoisotopic (exact) mass is 320 g/mol. The molecule has 0 aromatic rings. The summed E-state index contributed by atoms with van der Waals surface area (Å²) in [6.45, 7) is 12.8. The minimum atomic E-state index is 0.0731. The standard InChI is InChI=1S/C19H32N2O2/c1-6-9-20-17(22)14-7-10-21(11-8-14)18(23)16-15(12-13(2)3)19(16,4)5/h12,14-16H,6-11H2,1-5H3,(H,20,22). The first kappa shape index (κ1) is 18.0. The van der Waals surface area contributed by atoms with Crippen LogP contribution in [-0.4, -0.2) is 36.3 Å². The van der Waals surface area contributed by atoms with Gasteiger partial charge in [-0.2, -0.15) is 0 Å². The molecule has 2 unspecified atom stereocenters. The summed E-state index contributed by atoms with van der Waals surface area (Å²) in [7, 11) is 0. The zero-order valence-corrected chi connectivity index (χ0v) is 15.3. The number of hydrogen-bond donors (Lipinski definition) is 1. The Morgan fingerprint density at radius 1 is 1.22 bits per heavy atom. The van der Waals surface area contributed by atoms with Crippen LogP contribution in [0.1, 0.15) is 53.9 Å². The molecule has 1 N–H and O–H groups in total. The van der Waals surface area contributed by atoms with Gasteiger partial charge in [-0.05, 0) is 44.4 Å². The molecule has 130 valence electrons. The minimum Gasteiger partial charge on any atom is -0.356 e. The number of carbonyl (C=O) groups excluding carboxylic acids is 2. The van der Waals surface area contributed by atoms with Crippen molar-refractivity contribution >= 4 is 11.8 Å². The van der Waals surface area contributed by atoms with Gasteiger partial charge in [0.1, 0.15) is 0 Å². The molecule has 2 rings (SSSR count). The molecular formula is C19H32N2O2. The highest BCUT2D eigenvalue weighted by molar-refractivity contribution is 5.84. The van der Waals surface area contributed by atoms with Crippen LogP contribution in [0.25, 0.3) is 0 Å². The first-order valence-corrected chi connectivity index (χ1v) is 9.00. The fourth-order valence-electron chi connectivity index (χ4n) is 3.77. The van der Waals surface area contributed by atoms with Gasteiger partial charge < -0.3 is 10.2 Å². The Morgan fingerprint density at radius 3 is 2.35 bits per heavy atom. The largest absolute Gasteiger partial charge is 0.356 e. The highest BCUT2D eigenvalue weighted by Gasteiger charge is 2.61. The number of allylic oxidation sites excluding steroid dienone is 2. The average Bonchev–Trinajstić information content (AvgIpc) is 3.04. The molecule has 0 aromatic heterocycles. The topological polar surface area (TPSA) is 49.4 Å². The Hall–Kier alpha value is -1.32. The van der Waals surface area contributed by atoms with Gasteiger partial charge in [0.25, 0.3) is 0 Å². The smallest absolute Gasteiger partial charge is 0.226 e. The first-order valence-electron chi connectivity index (χ1n) is 9.00. The number of hydrogen-bond acceptors (Lipinski definition) is 2. The first-order chi connectivity index (χ1) is 10.8. The maximum Gasteiger partial charge on any atom is 0.226 e. The Balaban J connectivity index is 1.87. The van der Waals surface area contributed by atoms with E-state index in [1.807, 2.05) is 4.90 Å². The van der Waals surface area contributed by atoms with E-state index in [1.54, 1.807) is 0 Å². The van der Waals surface area contributed by atoms with Gasteiger partial charge in [0.2, 0.25) is 11.8 Å². The molecule has 4 nitrogen and oxygen atoms in total. The summed E-state index contributed by atoms with van der Waals surface area (Å²) in [5.74, 6) is 0.998. The van der Waals surface area contributed by atoms with Gasteiger partial charge in [-0.3, -0.25) is 9.59 Å². The maximum absolute atomic E-state index is 12.8. The van der Waals surface area contributed by atoms with E-state index in [1.165, 1.54) is 5.57 Å². The second kappa shape index (κ2) is 7.06. The number of piperidine rings is 1. The zero-order valence-electron chi connectivity index (χ0n) is 15.3. The normalized spacial score (nSPS) is 26.6. The Labute approximate surface area is 140 Å². The molecule has 2 atom stereocenters. The van der Waals surface area contributed by atoms with Gasteiger partial charge >= 0.3 is 0 Å². The molecule has 0 aromatic carbocycles. The zero-order chi connectivity index (χ0) is 17.2. The lowest BCUT2D eigenvalue weighted by Crippen LogP contribution is -2.44. The summed E-state index contributed by atoms with van der Waals surface area (Å²) in [5, 5.41) is 2.97. The van der Waals surface area contributed by atoms with Crippen molar-refractivity contribution in [2.45, 2.75) is 53.9 Å². The predicted molar refractivity (Wildman–Crippen MR) is 92.8 cm³/mol. The highest BCUT2D eigenvalue weighted by atomic mass is 16.2. The van der Waals surface area contributed by atoms with E-state index in [9.17, 15) is 9.59 Å². The van der Waals surface area contributed by atoms with Gasteiger partial charge in [-0.1, -0.05) is 32.4 Å². The van der Waals surface area contributed by atoms with Crippen molar-refractivity contribution in [1.29, 1.82) is 0 Å². The van der Waals surface area contributed by atoms with Crippen molar-refractivity contribution in [2.75, 3.05) is 19.6 Å². The van der Waals surface area contributed by atoms with Gasteiger partial charge in [0.05, 0.1) is 5.92 Å². The van der Waals surface area contributed by atoms with E-state index in [4.69, 9.17) is 0 Å². The van der Waals surface area contributed by atoms with Crippen LogP contribution in [0, 0.1) is 23.2 Å². The lowest BCUT2D eigenvalue weighted by molar-refractivity contribution is -0.137. The second-order valence-corrected chi connectivity index (χ2v) is 7.96. The van der Waals surface area contributed by atoms with Crippen molar-refractivity contribution in [2.24, 2.45) is 23.2 Å². The number of nitrogens with one attached hydrogen (secondary N) is 1. The Morgan fingerprint density at radius 2 is 1.83 bits per heavy atom. The quantitative estimate of drug-likeness (QED) is 0.792. The molecule has 23 heavy (non-hydrogen) atoms. The SMILES string of the molecule is CCCNC(=O)C1CCN(C(=O)C2C(C=C(C)C)C2(C)C)CC1. The summed E-state index contributed by atoms with van der Waals surface area (Å²) in [6.07, 6.45) is 4.79. The summed E-state index contributed by atoms with van der Waals surface area (Å²) in [5.41, 5.74) is 1.36. The third kappa shape index (κ3) is 3.96. The number of likely N-dealkylation sites (tertiary alicyclic amines) is 1. The van der Waals surface area contributed by atoms with E-state index >= 15 is 0 Å². The van der Waals surface area contributed by atoms with Crippen molar-refractivity contribution in [1.82, 2.24) is 10.2 Å². The molecular weight excluding hydrogens is 288 g/mol. The molecule has 4 heteroatoms. The van der Waals surface area contributed by atoms with Crippen LogP contribution in [0.15, 0.2) is 11.6 Å². The predicted octanol–water partition coefficient (Wildman–Crippen LogP) is 2.99. The Bertz CT molecular complexity index is 484. The molecule has 1 saturated heterocycles. The lowest BCUT2D eigenvalue weighted by atomic mass is 9.95. The lowest BCUT2D eigenvalue weighted by Gasteiger charge is -2.32. The fourth-order valence-corrected chi connectivity index (χ4v) is 3.77. The maximum atomic E-state index is 12.8. The van der Waals surface area contributed by atoms with Crippen LogP contribution in [0.3, 0.4) is 0 Å². The molecule has 1 aliphatic carbocycles. The average molecular weight is 320 g/mol. The molecule has 2 amide bonds. The van der Waals surface area contributed by atoms with E-state index in [0.717, 1.165) is 38.9 Å². The summed E-state index contributed by atoms with van der Waals surface area (Å²) in [6, 6.07) is 0.